The van der Waals surface area contributed by atoms with Crippen LogP contribution in [-0.2, 0) is 4.79 Å². The van der Waals surface area contributed by atoms with E-state index in [1.165, 1.54) is 0 Å². The maximum Gasteiger partial charge on any atom is 0.230 e. The van der Waals surface area contributed by atoms with Gasteiger partial charge >= 0.3 is 0 Å². The van der Waals surface area contributed by atoms with Gasteiger partial charge < -0.3 is 11.1 Å². The van der Waals surface area contributed by atoms with Gasteiger partial charge in [-0.05, 0) is 19.4 Å². The Morgan fingerprint density at radius 3 is 2.38 bits per heavy atom. The zero-order valence-corrected chi connectivity index (χ0v) is 9.53. The van der Waals surface area contributed by atoms with Gasteiger partial charge in [-0.15, -0.1) is 0 Å². The van der Waals surface area contributed by atoms with Gasteiger partial charge in [-0.25, -0.2) is 0 Å². The van der Waals surface area contributed by atoms with E-state index < -0.39 is 5.92 Å². The fraction of sp³-hybridized carbons (Fsp3) is 0.333. The molecular formula is C12H17N3O. The standard InChI is InChI=1S/C12H17N3O/c1-8(11(13)14)12(16)15-9(2)10-6-4-3-5-7-10/h3-9H,1-2H3,(H3,13,14)(H,15,16)/t8-,9-/m1/s1. The number of hydrogen-bond acceptors (Lipinski definition) is 2. The Hall–Kier alpha value is -1.84. The third-order valence-corrected chi connectivity index (χ3v) is 2.52. The van der Waals surface area contributed by atoms with Gasteiger partial charge in [-0.2, -0.15) is 0 Å². The number of benzene rings is 1. The molecule has 1 aromatic carbocycles. The van der Waals surface area contributed by atoms with Gasteiger partial charge in [0.25, 0.3) is 0 Å². The molecule has 0 heterocycles. The Bertz CT molecular complexity index is 375. The average Bonchev–Trinajstić information content (AvgIpc) is 2.28. The monoisotopic (exact) mass is 219 g/mol. The maximum absolute atomic E-state index is 11.6. The molecule has 16 heavy (non-hydrogen) atoms. The lowest BCUT2D eigenvalue weighted by atomic mass is 10.1. The van der Waals surface area contributed by atoms with Crippen molar-refractivity contribution in [1.29, 1.82) is 5.41 Å². The molecule has 86 valence electrons. The molecule has 0 fully saturated rings. The van der Waals surface area contributed by atoms with E-state index in [0.29, 0.717) is 0 Å². The molecule has 0 spiro atoms. The highest BCUT2D eigenvalue weighted by Crippen LogP contribution is 2.11. The van der Waals surface area contributed by atoms with Gasteiger partial charge in [0.1, 0.15) is 5.84 Å². The van der Waals surface area contributed by atoms with E-state index in [2.05, 4.69) is 5.32 Å². The summed E-state index contributed by atoms with van der Waals surface area (Å²) in [5.41, 5.74) is 6.31. The highest BCUT2D eigenvalue weighted by atomic mass is 16.1. The van der Waals surface area contributed by atoms with Crippen LogP contribution in [0.25, 0.3) is 0 Å². The largest absolute Gasteiger partial charge is 0.387 e. The first-order valence-electron chi connectivity index (χ1n) is 5.21. The Labute approximate surface area is 95.4 Å². The Morgan fingerprint density at radius 1 is 1.31 bits per heavy atom. The highest BCUT2D eigenvalue weighted by molar-refractivity contribution is 6.00. The predicted octanol–water partition coefficient (Wildman–Crippen LogP) is 1.44. The van der Waals surface area contributed by atoms with Crippen molar-refractivity contribution in [2.45, 2.75) is 19.9 Å². The molecule has 0 aliphatic carbocycles. The summed E-state index contributed by atoms with van der Waals surface area (Å²) in [6.07, 6.45) is 0. The molecule has 4 N–H and O–H groups in total. The van der Waals surface area contributed by atoms with Crippen LogP contribution in [0.1, 0.15) is 25.5 Å². The number of nitrogens with one attached hydrogen (secondary N) is 2. The van der Waals surface area contributed by atoms with Crippen LogP contribution < -0.4 is 11.1 Å². The quantitative estimate of drug-likeness (QED) is 0.529. The molecular weight excluding hydrogens is 202 g/mol. The zero-order valence-electron chi connectivity index (χ0n) is 9.53. The molecule has 0 bridgehead atoms. The molecule has 1 amide bonds. The molecule has 4 heteroatoms. The van der Waals surface area contributed by atoms with Crippen LogP contribution in [-0.4, -0.2) is 11.7 Å². The van der Waals surface area contributed by atoms with Crippen LogP contribution in [0, 0.1) is 11.3 Å². The van der Waals surface area contributed by atoms with Gasteiger partial charge in [-0.1, -0.05) is 30.3 Å². The van der Waals surface area contributed by atoms with Crippen molar-refractivity contribution < 1.29 is 4.79 Å². The Balaban J connectivity index is 2.62. The van der Waals surface area contributed by atoms with Crippen molar-refractivity contribution in [3.05, 3.63) is 35.9 Å². The highest BCUT2D eigenvalue weighted by Gasteiger charge is 2.17. The number of amidine groups is 1. The third-order valence-electron chi connectivity index (χ3n) is 2.52. The second kappa shape index (κ2) is 5.30. The SMILES string of the molecule is C[C@H](C(=N)N)C(=O)N[C@H](C)c1ccccc1. The van der Waals surface area contributed by atoms with Crippen molar-refractivity contribution >= 4 is 11.7 Å². The molecule has 4 nitrogen and oxygen atoms in total. The summed E-state index contributed by atoms with van der Waals surface area (Å²) in [6.45, 7) is 3.52. The minimum atomic E-state index is -0.578. The number of hydrogen-bond donors (Lipinski definition) is 3. The molecule has 1 rings (SSSR count). The number of amides is 1. The number of rotatable bonds is 4. The topological polar surface area (TPSA) is 79.0 Å². The molecule has 0 aromatic heterocycles. The van der Waals surface area contributed by atoms with Crippen LogP contribution in [0.4, 0.5) is 0 Å². The van der Waals surface area contributed by atoms with E-state index in [-0.39, 0.29) is 17.8 Å². The van der Waals surface area contributed by atoms with Crippen LogP contribution >= 0.6 is 0 Å². The van der Waals surface area contributed by atoms with Gasteiger partial charge in [0.15, 0.2) is 0 Å². The fourth-order valence-electron chi connectivity index (χ4n) is 1.30. The molecule has 1 aromatic rings. The summed E-state index contributed by atoms with van der Waals surface area (Å²) in [5, 5.41) is 10.0. The lowest BCUT2D eigenvalue weighted by Crippen LogP contribution is -2.37. The number of nitrogens with two attached hydrogens (primary N) is 1. The molecule has 0 saturated carbocycles. The van der Waals surface area contributed by atoms with Gasteiger partial charge in [0, 0.05) is 0 Å². The van der Waals surface area contributed by atoms with Crippen LogP contribution in [0.15, 0.2) is 30.3 Å². The first-order valence-corrected chi connectivity index (χ1v) is 5.21. The first-order chi connectivity index (χ1) is 7.52. The zero-order chi connectivity index (χ0) is 12.1. The minimum absolute atomic E-state index is 0.0736. The Morgan fingerprint density at radius 2 is 1.88 bits per heavy atom. The van der Waals surface area contributed by atoms with Crippen molar-refractivity contribution in [2.24, 2.45) is 11.7 Å². The van der Waals surface area contributed by atoms with Crippen molar-refractivity contribution in [3.63, 3.8) is 0 Å². The minimum Gasteiger partial charge on any atom is -0.387 e. The van der Waals surface area contributed by atoms with Crippen LogP contribution in [0.2, 0.25) is 0 Å². The van der Waals surface area contributed by atoms with Crippen LogP contribution in [0.5, 0.6) is 0 Å². The van der Waals surface area contributed by atoms with E-state index >= 15 is 0 Å². The van der Waals surface area contributed by atoms with E-state index in [1.54, 1.807) is 6.92 Å². The van der Waals surface area contributed by atoms with E-state index in [1.807, 2.05) is 37.3 Å². The normalized spacial score (nSPS) is 13.9. The fourth-order valence-corrected chi connectivity index (χ4v) is 1.30. The van der Waals surface area contributed by atoms with Crippen molar-refractivity contribution in [3.8, 4) is 0 Å². The van der Waals surface area contributed by atoms with E-state index in [9.17, 15) is 4.79 Å². The van der Waals surface area contributed by atoms with Gasteiger partial charge in [-0.3, -0.25) is 10.2 Å². The molecule has 0 saturated heterocycles. The molecule has 0 radical (unpaired) electrons. The summed E-state index contributed by atoms with van der Waals surface area (Å²) in [6, 6.07) is 9.59. The van der Waals surface area contributed by atoms with Crippen molar-refractivity contribution in [1.82, 2.24) is 5.32 Å². The number of carbonyl (C=O) groups excluding carboxylic acids is 1. The molecule has 0 aliphatic heterocycles. The molecule has 0 unspecified atom stereocenters. The van der Waals surface area contributed by atoms with Crippen molar-refractivity contribution in [2.75, 3.05) is 0 Å². The second-order valence-electron chi connectivity index (χ2n) is 3.82. The Kier molecular flexibility index (Phi) is 4.05. The van der Waals surface area contributed by atoms with E-state index in [0.717, 1.165) is 5.56 Å². The van der Waals surface area contributed by atoms with Gasteiger partial charge in [0.05, 0.1) is 12.0 Å². The average molecular weight is 219 g/mol. The summed E-state index contributed by atoms with van der Waals surface area (Å²) in [7, 11) is 0. The first kappa shape index (κ1) is 12.2. The lowest BCUT2D eigenvalue weighted by molar-refractivity contribution is -0.123. The summed E-state index contributed by atoms with van der Waals surface area (Å²) in [5.74, 6) is -0.909. The molecule has 0 aliphatic rings. The smallest absolute Gasteiger partial charge is 0.230 e. The summed E-state index contributed by atoms with van der Waals surface area (Å²) < 4.78 is 0. The van der Waals surface area contributed by atoms with Crippen LogP contribution in [0.3, 0.4) is 0 Å². The summed E-state index contributed by atoms with van der Waals surface area (Å²) >= 11 is 0. The predicted molar refractivity (Wildman–Crippen MR) is 64.1 cm³/mol. The second-order valence-corrected chi connectivity index (χ2v) is 3.82. The number of carbonyl (C=O) groups is 1. The third kappa shape index (κ3) is 3.08. The lowest BCUT2D eigenvalue weighted by Gasteiger charge is -2.17. The van der Waals surface area contributed by atoms with Gasteiger partial charge in [0.2, 0.25) is 5.91 Å². The summed E-state index contributed by atoms with van der Waals surface area (Å²) in [4.78, 5) is 11.6. The molecule has 2 atom stereocenters. The van der Waals surface area contributed by atoms with E-state index in [4.69, 9.17) is 11.1 Å². The maximum atomic E-state index is 11.6.